The number of fused-ring (bicyclic) bond motifs is 1. The van der Waals surface area contributed by atoms with E-state index in [0.717, 1.165) is 0 Å². The fourth-order valence-corrected chi connectivity index (χ4v) is 4.25. The zero-order valence-corrected chi connectivity index (χ0v) is 13.6. The molecule has 0 amide bonds. The van der Waals surface area contributed by atoms with Crippen LogP contribution >= 0.6 is 0 Å². The first-order chi connectivity index (χ1) is 10.2. The molecule has 1 fully saturated rings. The van der Waals surface area contributed by atoms with Crippen molar-refractivity contribution >= 4 is 10.8 Å². The van der Waals surface area contributed by atoms with Crippen molar-refractivity contribution in [1.82, 2.24) is 5.32 Å². The van der Waals surface area contributed by atoms with Gasteiger partial charge in [0.2, 0.25) is 0 Å². The van der Waals surface area contributed by atoms with Crippen LogP contribution in [0.5, 0.6) is 0 Å². The van der Waals surface area contributed by atoms with Crippen LogP contribution in [0.1, 0.15) is 56.2 Å². The van der Waals surface area contributed by atoms with Gasteiger partial charge in [0.1, 0.15) is 0 Å². The predicted molar refractivity (Wildman–Crippen MR) is 91.7 cm³/mol. The molecule has 1 nitrogen and oxygen atoms in total. The number of nitrogens with one attached hydrogen (secondary N) is 1. The third-order valence-corrected chi connectivity index (χ3v) is 5.47. The Hall–Kier alpha value is -1.34. The largest absolute Gasteiger partial charge is 0.313 e. The Labute approximate surface area is 128 Å². The molecule has 0 heterocycles. The Balaban J connectivity index is 2.11. The van der Waals surface area contributed by atoms with Crippen LogP contribution in [0, 0.1) is 12.3 Å². The van der Waals surface area contributed by atoms with Gasteiger partial charge in [-0.1, -0.05) is 62.6 Å². The maximum absolute atomic E-state index is 3.64. The van der Waals surface area contributed by atoms with Crippen LogP contribution in [0.4, 0.5) is 0 Å². The van der Waals surface area contributed by atoms with Gasteiger partial charge in [0.05, 0.1) is 0 Å². The lowest BCUT2D eigenvalue weighted by Crippen LogP contribution is -2.36. The van der Waals surface area contributed by atoms with Gasteiger partial charge in [0, 0.05) is 6.04 Å². The van der Waals surface area contributed by atoms with Gasteiger partial charge in [-0.25, -0.2) is 0 Å². The topological polar surface area (TPSA) is 12.0 Å². The minimum atomic E-state index is 0.380. The number of benzene rings is 2. The van der Waals surface area contributed by atoms with Crippen molar-refractivity contribution in [2.75, 3.05) is 7.05 Å². The van der Waals surface area contributed by atoms with E-state index in [1.165, 1.54) is 54.0 Å². The van der Waals surface area contributed by atoms with Crippen LogP contribution in [0.2, 0.25) is 0 Å². The van der Waals surface area contributed by atoms with Gasteiger partial charge in [-0.15, -0.1) is 0 Å². The summed E-state index contributed by atoms with van der Waals surface area (Å²) in [7, 11) is 2.12. The fourth-order valence-electron chi connectivity index (χ4n) is 4.25. The molecule has 0 aromatic heterocycles. The van der Waals surface area contributed by atoms with Gasteiger partial charge in [-0.2, -0.15) is 0 Å². The van der Waals surface area contributed by atoms with E-state index in [0.29, 0.717) is 11.5 Å². The molecule has 1 unspecified atom stereocenters. The maximum atomic E-state index is 3.64. The summed E-state index contributed by atoms with van der Waals surface area (Å²) in [5, 5.41) is 6.46. The predicted octanol–water partition coefficient (Wildman–Crippen LogP) is 5.38. The number of aryl methyl sites for hydroxylation is 1. The van der Waals surface area contributed by atoms with Crippen molar-refractivity contribution in [3.05, 3.63) is 47.5 Å². The van der Waals surface area contributed by atoms with Crippen molar-refractivity contribution < 1.29 is 0 Å². The van der Waals surface area contributed by atoms with E-state index >= 15 is 0 Å². The van der Waals surface area contributed by atoms with Crippen LogP contribution in [0.15, 0.2) is 36.4 Å². The first-order valence-electron chi connectivity index (χ1n) is 8.31. The summed E-state index contributed by atoms with van der Waals surface area (Å²) in [5.41, 5.74) is 3.23. The molecule has 2 aromatic rings. The van der Waals surface area contributed by atoms with Crippen molar-refractivity contribution in [1.29, 1.82) is 0 Å². The van der Waals surface area contributed by atoms with Gasteiger partial charge in [-0.05, 0) is 54.1 Å². The summed E-state index contributed by atoms with van der Waals surface area (Å²) in [5.74, 6) is 0. The second-order valence-corrected chi connectivity index (χ2v) is 6.95. The molecule has 0 aliphatic heterocycles. The van der Waals surface area contributed by atoms with Crippen LogP contribution in [-0.4, -0.2) is 7.05 Å². The lowest BCUT2D eigenvalue weighted by molar-refractivity contribution is 0.151. The normalized spacial score (nSPS) is 19.6. The smallest absolute Gasteiger partial charge is 0.0378 e. The van der Waals surface area contributed by atoms with Crippen LogP contribution in [-0.2, 0) is 0 Å². The molecule has 0 radical (unpaired) electrons. The van der Waals surface area contributed by atoms with Gasteiger partial charge >= 0.3 is 0 Å². The Morgan fingerprint density at radius 2 is 1.62 bits per heavy atom. The lowest BCUT2D eigenvalue weighted by atomic mass is 9.68. The molecular formula is C20H27N. The van der Waals surface area contributed by atoms with Crippen LogP contribution in [0.25, 0.3) is 10.8 Å². The first kappa shape index (κ1) is 14.6. The highest BCUT2D eigenvalue weighted by Crippen LogP contribution is 2.47. The molecule has 1 aliphatic carbocycles. The molecule has 1 aliphatic rings. The summed E-state index contributed by atoms with van der Waals surface area (Å²) in [6, 6.07) is 13.9. The molecular weight excluding hydrogens is 254 g/mol. The molecule has 1 saturated carbocycles. The molecule has 21 heavy (non-hydrogen) atoms. The molecule has 2 aromatic carbocycles. The van der Waals surface area contributed by atoms with Gasteiger partial charge in [0.15, 0.2) is 0 Å². The average Bonchev–Trinajstić information content (AvgIpc) is 2.51. The lowest BCUT2D eigenvalue weighted by Gasteiger charge is -2.41. The first-order valence-corrected chi connectivity index (χ1v) is 8.31. The molecule has 1 N–H and O–H groups in total. The Morgan fingerprint density at radius 3 is 2.29 bits per heavy atom. The highest BCUT2D eigenvalue weighted by molar-refractivity contribution is 5.89. The summed E-state index contributed by atoms with van der Waals surface area (Å²) in [6.45, 7) is 4.69. The standard InChI is InChI=1S/C20H27N/c1-15-11-12-18(17-10-6-5-9-16(15)17)19(21-3)20(2)13-7-4-8-14-20/h5-6,9-12,19,21H,4,7-8,13-14H2,1-3H3. The van der Waals surface area contributed by atoms with E-state index in [9.17, 15) is 0 Å². The van der Waals surface area contributed by atoms with Crippen LogP contribution in [0.3, 0.4) is 0 Å². The summed E-state index contributed by atoms with van der Waals surface area (Å²) < 4.78 is 0. The molecule has 0 bridgehead atoms. The Bertz CT molecular complexity index is 623. The van der Waals surface area contributed by atoms with E-state index in [1.807, 2.05) is 0 Å². The molecule has 1 heteroatoms. The summed E-state index contributed by atoms with van der Waals surface area (Å²) in [6.07, 6.45) is 6.82. The third kappa shape index (κ3) is 2.60. The molecule has 3 rings (SSSR count). The number of hydrogen-bond donors (Lipinski definition) is 1. The number of hydrogen-bond acceptors (Lipinski definition) is 1. The zero-order valence-electron chi connectivity index (χ0n) is 13.6. The van der Waals surface area contributed by atoms with E-state index in [2.05, 4.69) is 62.6 Å². The highest BCUT2D eigenvalue weighted by Gasteiger charge is 2.36. The quantitative estimate of drug-likeness (QED) is 0.796. The minimum Gasteiger partial charge on any atom is -0.313 e. The SMILES string of the molecule is CNC(c1ccc(C)c2ccccc12)C1(C)CCCCC1. The second kappa shape index (κ2) is 5.81. The fraction of sp³-hybridized carbons (Fsp3) is 0.500. The van der Waals surface area contributed by atoms with Crippen molar-refractivity contribution in [2.24, 2.45) is 5.41 Å². The molecule has 0 spiro atoms. The van der Waals surface area contributed by atoms with Crippen molar-refractivity contribution in [3.63, 3.8) is 0 Å². The average molecular weight is 281 g/mol. The molecule has 1 atom stereocenters. The van der Waals surface area contributed by atoms with E-state index in [1.54, 1.807) is 0 Å². The van der Waals surface area contributed by atoms with E-state index in [4.69, 9.17) is 0 Å². The highest BCUT2D eigenvalue weighted by atomic mass is 14.9. The monoisotopic (exact) mass is 281 g/mol. The Morgan fingerprint density at radius 1 is 0.952 bits per heavy atom. The minimum absolute atomic E-state index is 0.380. The van der Waals surface area contributed by atoms with Crippen molar-refractivity contribution in [2.45, 2.75) is 52.0 Å². The molecule has 0 saturated heterocycles. The molecule has 112 valence electrons. The van der Waals surface area contributed by atoms with Crippen molar-refractivity contribution in [3.8, 4) is 0 Å². The van der Waals surface area contributed by atoms with E-state index < -0.39 is 0 Å². The third-order valence-electron chi connectivity index (χ3n) is 5.47. The zero-order chi connectivity index (χ0) is 14.9. The van der Waals surface area contributed by atoms with Crippen LogP contribution < -0.4 is 5.32 Å². The maximum Gasteiger partial charge on any atom is 0.0378 e. The second-order valence-electron chi connectivity index (χ2n) is 6.95. The Kier molecular flexibility index (Phi) is 4.03. The van der Waals surface area contributed by atoms with Gasteiger partial charge < -0.3 is 5.32 Å². The summed E-state index contributed by atoms with van der Waals surface area (Å²) in [4.78, 5) is 0. The van der Waals surface area contributed by atoms with Gasteiger partial charge in [-0.3, -0.25) is 0 Å². The van der Waals surface area contributed by atoms with Gasteiger partial charge in [0.25, 0.3) is 0 Å². The van der Waals surface area contributed by atoms with E-state index in [-0.39, 0.29) is 0 Å². The number of rotatable bonds is 3. The summed E-state index contributed by atoms with van der Waals surface area (Å²) >= 11 is 0.